The molecule has 0 atom stereocenters. The molecule has 0 fully saturated rings. The van der Waals surface area contributed by atoms with Crippen molar-refractivity contribution in [3.05, 3.63) is 63.7 Å². The van der Waals surface area contributed by atoms with Gasteiger partial charge in [-0.3, -0.25) is 15.1 Å². The number of nitro benzene ring substituents is 1. The molecule has 0 bridgehead atoms. The highest BCUT2D eigenvalue weighted by Crippen LogP contribution is 2.21. The zero-order chi connectivity index (χ0) is 15.2. The summed E-state index contributed by atoms with van der Waals surface area (Å²) in [6, 6.07) is 7.50. The van der Waals surface area contributed by atoms with Gasteiger partial charge in [0.2, 0.25) is 5.82 Å². The van der Waals surface area contributed by atoms with Crippen LogP contribution in [-0.2, 0) is 13.2 Å². The Bertz CT molecular complexity index is 632. The third kappa shape index (κ3) is 3.73. The van der Waals surface area contributed by atoms with E-state index in [0.717, 1.165) is 11.8 Å². The third-order valence-electron chi connectivity index (χ3n) is 2.80. The molecule has 0 unspecified atom stereocenters. The van der Waals surface area contributed by atoms with Crippen molar-refractivity contribution < 1.29 is 14.1 Å². The zero-order valence-electron chi connectivity index (χ0n) is 11.4. The molecule has 21 heavy (non-hydrogen) atoms. The van der Waals surface area contributed by atoms with Gasteiger partial charge in [0.15, 0.2) is 0 Å². The fourth-order valence-electron chi connectivity index (χ4n) is 1.76. The first-order valence-corrected chi connectivity index (χ1v) is 6.26. The number of rotatable bonds is 6. The van der Waals surface area contributed by atoms with E-state index in [0.29, 0.717) is 12.3 Å². The molecular formula is C14H14FN3O3. The Kier molecular flexibility index (Phi) is 4.78. The van der Waals surface area contributed by atoms with Crippen molar-refractivity contribution in [1.29, 1.82) is 0 Å². The van der Waals surface area contributed by atoms with E-state index in [4.69, 9.17) is 4.74 Å². The molecule has 2 aromatic rings. The predicted molar refractivity (Wildman–Crippen MR) is 74.4 cm³/mol. The lowest BCUT2D eigenvalue weighted by Crippen LogP contribution is -2.07. The molecule has 110 valence electrons. The maximum atomic E-state index is 13.8. The summed E-state index contributed by atoms with van der Waals surface area (Å²) in [5.74, 6) is -0.400. The quantitative estimate of drug-likeness (QED) is 0.653. The van der Waals surface area contributed by atoms with Crippen LogP contribution in [0.15, 0.2) is 36.5 Å². The molecule has 7 heteroatoms. The number of nitrogens with one attached hydrogen (secondary N) is 1. The molecule has 1 aromatic carbocycles. The molecule has 0 radical (unpaired) electrons. The van der Waals surface area contributed by atoms with Gasteiger partial charge in [0.25, 0.3) is 0 Å². The average molecular weight is 291 g/mol. The first-order valence-electron chi connectivity index (χ1n) is 6.26. The van der Waals surface area contributed by atoms with Crippen molar-refractivity contribution in [2.45, 2.75) is 13.2 Å². The highest BCUT2D eigenvalue weighted by atomic mass is 19.1. The average Bonchev–Trinajstić information content (AvgIpc) is 2.48. The van der Waals surface area contributed by atoms with Gasteiger partial charge in [-0.15, -0.1) is 0 Å². The zero-order valence-corrected chi connectivity index (χ0v) is 11.4. The molecule has 0 spiro atoms. The van der Waals surface area contributed by atoms with E-state index in [9.17, 15) is 14.5 Å². The maximum absolute atomic E-state index is 13.8. The lowest BCUT2D eigenvalue weighted by molar-refractivity contribution is -0.387. The van der Waals surface area contributed by atoms with E-state index in [1.807, 2.05) is 7.05 Å². The highest BCUT2D eigenvalue weighted by Gasteiger charge is 2.17. The minimum absolute atomic E-state index is 0.0967. The molecule has 6 nitrogen and oxygen atoms in total. The second-order valence-corrected chi connectivity index (χ2v) is 4.31. The molecular weight excluding hydrogens is 277 g/mol. The maximum Gasteiger partial charge on any atom is 0.305 e. The normalized spacial score (nSPS) is 10.4. The van der Waals surface area contributed by atoms with Gasteiger partial charge < -0.3 is 10.1 Å². The SMILES string of the molecule is CNCc1ccc(OCc2cccc([N+](=O)[O-])c2F)cn1. The summed E-state index contributed by atoms with van der Waals surface area (Å²) < 4.78 is 19.2. The van der Waals surface area contributed by atoms with Crippen LogP contribution in [0.5, 0.6) is 5.75 Å². The van der Waals surface area contributed by atoms with Gasteiger partial charge in [-0.1, -0.05) is 12.1 Å². The second-order valence-electron chi connectivity index (χ2n) is 4.31. The van der Waals surface area contributed by atoms with Crippen LogP contribution >= 0.6 is 0 Å². The Morgan fingerprint density at radius 3 is 2.81 bits per heavy atom. The van der Waals surface area contributed by atoms with E-state index in [2.05, 4.69) is 10.3 Å². The van der Waals surface area contributed by atoms with Gasteiger partial charge in [-0.05, 0) is 19.2 Å². The Hall–Kier alpha value is -2.54. The summed E-state index contributed by atoms with van der Waals surface area (Å²) >= 11 is 0. The monoisotopic (exact) mass is 291 g/mol. The molecule has 1 N–H and O–H groups in total. The molecule has 0 saturated carbocycles. The fourth-order valence-corrected chi connectivity index (χ4v) is 1.76. The molecule has 0 aliphatic carbocycles. The number of nitro groups is 1. The number of aromatic nitrogens is 1. The number of hydrogen-bond acceptors (Lipinski definition) is 5. The van der Waals surface area contributed by atoms with Crippen molar-refractivity contribution in [1.82, 2.24) is 10.3 Å². The summed E-state index contributed by atoms with van der Waals surface area (Å²) in [5.41, 5.74) is 0.425. The molecule has 2 rings (SSSR count). The van der Waals surface area contributed by atoms with Crippen molar-refractivity contribution in [2.75, 3.05) is 7.05 Å². The van der Waals surface area contributed by atoms with Crippen LogP contribution in [0, 0.1) is 15.9 Å². The van der Waals surface area contributed by atoms with Gasteiger partial charge in [0, 0.05) is 18.2 Å². The van der Waals surface area contributed by atoms with Crippen LogP contribution in [0.25, 0.3) is 0 Å². The number of pyridine rings is 1. The van der Waals surface area contributed by atoms with Crippen molar-refractivity contribution >= 4 is 5.69 Å². The molecule has 1 heterocycles. The van der Waals surface area contributed by atoms with Gasteiger partial charge >= 0.3 is 5.69 Å². The topological polar surface area (TPSA) is 77.3 Å². The number of halogens is 1. The van der Waals surface area contributed by atoms with Crippen LogP contribution in [0.3, 0.4) is 0 Å². The standard InChI is InChI=1S/C14H14FN3O3/c1-16-7-11-5-6-12(8-17-11)21-9-10-3-2-4-13(14(10)15)18(19)20/h2-6,8,16H,7,9H2,1H3. The Labute approximate surface area is 120 Å². The van der Waals surface area contributed by atoms with E-state index < -0.39 is 16.4 Å². The first kappa shape index (κ1) is 14.9. The van der Waals surface area contributed by atoms with E-state index >= 15 is 0 Å². The molecule has 0 saturated heterocycles. The van der Waals surface area contributed by atoms with E-state index in [-0.39, 0.29) is 12.2 Å². The van der Waals surface area contributed by atoms with Crippen molar-refractivity contribution in [2.24, 2.45) is 0 Å². The summed E-state index contributed by atoms with van der Waals surface area (Å²) in [4.78, 5) is 14.1. The molecule has 0 amide bonds. The van der Waals surface area contributed by atoms with Gasteiger partial charge in [0.05, 0.1) is 16.8 Å². The smallest absolute Gasteiger partial charge is 0.305 e. The number of nitrogens with zero attached hydrogens (tertiary/aromatic N) is 2. The number of hydrogen-bond donors (Lipinski definition) is 1. The summed E-state index contributed by atoms with van der Waals surface area (Å²) in [7, 11) is 1.82. The number of ether oxygens (including phenoxy) is 1. The second kappa shape index (κ2) is 6.76. The van der Waals surface area contributed by atoms with E-state index in [1.54, 1.807) is 12.1 Å². The van der Waals surface area contributed by atoms with Crippen LogP contribution in [0.2, 0.25) is 0 Å². The van der Waals surface area contributed by atoms with Gasteiger partial charge in [-0.25, -0.2) is 0 Å². The van der Waals surface area contributed by atoms with Crippen LogP contribution in [0.4, 0.5) is 10.1 Å². The highest BCUT2D eigenvalue weighted by molar-refractivity contribution is 5.36. The number of benzene rings is 1. The lowest BCUT2D eigenvalue weighted by atomic mass is 10.2. The van der Waals surface area contributed by atoms with Gasteiger partial charge in [-0.2, -0.15) is 4.39 Å². The molecule has 0 aliphatic heterocycles. The molecule has 0 aliphatic rings. The van der Waals surface area contributed by atoms with Crippen molar-refractivity contribution in [3.8, 4) is 5.75 Å². The Balaban J connectivity index is 2.06. The largest absolute Gasteiger partial charge is 0.487 e. The summed E-state index contributed by atoms with van der Waals surface area (Å²) in [5, 5.41) is 13.6. The van der Waals surface area contributed by atoms with E-state index in [1.165, 1.54) is 18.3 Å². The molecule has 1 aromatic heterocycles. The fraction of sp³-hybridized carbons (Fsp3) is 0.214. The minimum atomic E-state index is -0.873. The van der Waals surface area contributed by atoms with Crippen LogP contribution in [-0.4, -0.2) is 17.0 Å². The predicted octanol–water partition coefficient (Wildman–Crippen LogP) is 2.43. The van der Waals surface area contributed by atoms with Crippen molar-refractivity contribution in [3.63, 3.8) is 0 Å². The van der Waals surface area contributed by atoms with Gasteiger partial charge in [0.1, 0.15) is 12.4 Å². The summed E-state index contributed by atoms with van der Waals surface area (Å²) in [6.07, 6.45) is 1.53. The third-order valence-corrected chi connectivity index (χ3v) is 2.80. The Morgan fingerprint density at radius 2 is 2.19 bits per heavy atom. The first-order chi connectivity index (χ1) is 10.1. The summed E-state index contributed by atoms with van der Waals surface area (Å²) in [6.45, 7) is 0.542. The van der Waals surface area contributed by atoms with Crippen LogP contribution < -0.4 is 10.1 Å². The lowest BCUT2D eigenvalue weighted by Gasteiger charge is -2.07. The Morgan fingerprint density at radius 1 is 1.38 bits per heavy atom. The van der Waals surface area contributed by atoms with Crippen LogP contribution in [0.1, 0.15) is 11.3 Å². The minimum Gasteiger partial charge on any atom is -0.487 e.